The van der Waals surface area contributed by atoms with E-state index in [9.17, 15) is 0 Å². The maximum Gasteiger partial charge on any atom is 0.134 e. The molecule has 1 heterocycles. The van der Waals surface area contributed by atoms with Gasteiger partial charge in [0, 0.05) is 24.7 Å². The number of nitrogens with two attached hydrogens (primary N) is 1. The number of hydrogen-bond acceptors (Lipinski definition) is 3. The first-order chi connectivity index (χ1) is 10.2. The van der Waals surface area contributed by atoms with Crippen molar-refractivity contribution >= 4 is 16.7 Å². The minimum Gasteiger partial charge on any atom is -0.459 e. The van der Waals surface area contributed by atoms with Crippen LogP contribution < -0.4 is 10.6 Å². The van der Waals surface area contributed by atoms with Crippen LogP contribution in [0.4, 0.5) is 5.69 Å². The Bertz CT molecular complexity index is 697. The third-order valence-corrected chi connectivity index (χ3v) is 3.91. The maximum atomic E-state index is 5.99. The highest BCUT2D eigenvalue weighted by atomic mass is 16.3. The predicted octanol–water partition coefficient (Wildman–Crippen LogP) is 3.88. The van der Waals surface area contributed by atoms with Crippen molar-refractivity contribution in [1.29, 1.82) is 0 Å². The Kier molecular flexibility index (Phi) is 3.67. The Balaban J connectivity index is 1.95. The third-order valence-electron chi connectivity index (χ3n) is 3.91. The van der Waals surface area contributed by atoms with E-state index in [-0.39, 0.29) is 6.04 Å². The summed E-state index contributed by atoms with van der Waals surface area (Å²) in [5.74, 6) is 0.904. The van der Waals surface area contributed by atoms with Crippen LogP contribution in [0.5, 0.6) is 0 Å². The largest absolute Gasteiger partial charge is 0.459 e. The second kappa shape index (κ2) is 5.62. The normalized spacial score (nSPS) is 12.5. The van der Waals surface area contributed by atoms with E-state index in [1.807, 2.05) is 18.2 Å². The minimum absolute atomic E-state index is 0.0279. The molecule has 0 radical (unpaired) electrons. The molecule has 0 fully saturated rings. The molecular formula is C18H20N2O. The van der Waals surface area contributed by atoms with Crippen molar-refractivity contribution in [2.24, 2.45) is 5.73 Å². The van der Waals surface area contributed by atoms with E-state index in [1.54, 1.807) is 0 Å². The summed E-state index contributed by atoms with van der Waals surface area (Å²) in [4.78, 5) is 2.16. The lowest BCUT2D eigenvalue weighted by atomic mass is 10.1. The fraction of sp³-hybridized carbons (Fsp3) is 0.222. The van der Waals surface area contributed by atoms with Crippen LogP contribution in [0.1, 0.15) is 17.4 Å². The molecule has 108 valence electrons. The zero-order valence-corrected chi connectivity index (χ0v) is 12.4. The lowest BCUT2D eigenvalue weighted by Gasteiger charge is -2.27. The molecular weight excluding hydrogens is 260 g/mol. The lowest BCUT2D eigenvalue weighted by Crippen LogP contribution is -2.30. The quantitative estimate of drug-likeness (QED) is 0.788. The molecule has 0 bridgehead atoms. The van der Waals surface area contributed by atoms with Crippen molar-refractivity contribution in [1.82, 2.24) is 0 Å². The summed E-state index contributed by atoms with van der Waals surface area (Å²) in [7, 11) is 2.05. The number of benzene rings is 2. The van der Waals surface area contributed by atoms with E-state index >= 15 is 0 Å². The van der Waals surface area contributed by atoms with Crippen LogP contribution in [0, 0.1) is 6.92 Å². The Morgan fingerprint density at radius 3 is 2.48 bits per heavy atom. The lowest BCUT2D eigenvalue weighted by molar-refractivity contribution is 0.488. The average molecular weight is 280 g/mol. The van der Waals surface area contributed by atoms with Crippen molar-refractivity contribution in [3.63, 3.8) is 0 Å². The fourth-order valence-corrected chi connectivity index (χ4v) is 2.59. The maximum absolute atomic E-state index is 5.99. The van der Waals surface area contributed by atoms with E-state index in [0.29, 0.717) is 6.54 Å². The van der Waals surface area contributed by atoms with E-state index < -0.39 is 0 Å². The number of furan rings is 1. The zero-order valence-electron chi connectivity index (χ0n) is 12.4. The van der Waals surface area contributed by atoms with Crippen molar-refractivity contribution in [2.75, 3.05) is 18.5 Å². The van der Waals surface area contributed by atoms with Gasteiger partial charge < -0.3 is 15.1 Å². The second-order valence-electron chi connectivity index (χ2n) is 5.38. The molecule has 21 heavy (non-hydrogen) atoms. The second-order valence-corrected chi connectivity index (χ2v) is 5.38. The highest BCUT2D eigenvalue weighted by Crippen LogP contribution is 2.29. The van der Waals surface area contributed by atoms with Gasteiger partial charge in [-0.15, -0.1) is 0 Å². The summed E-state index contributed by atoms with van der Waals surface area (Å²) in [5, 5.41) is 1.11. The molecule has 3 rings (SSSR count). The van der Waals surface area contributed by atoms with Gasteiger partial charge in [0.05, 0.1) is 6.04 Å². The molecule has 0 aliphatic heterocycles. The average Bonchev–Trinajstić information content (AvgIpc) is 2.92. The van der Waals surface area contributed by atoms with E-state index in [2.05, 4.69) is 55.3 Å². The molecule has 0 saturated carbocycles. The zero-order chi connectivity index (χ0) is 14.8. The smallest absolute Gasteiger partial charge is 0.134 e. The number of aryl methyl sites for hydroxylation is 1. The van der Waals surface area contributed by atoms with Crippen LogP contribution >= 0.6 is 0 Å². The van der Waals surface area contributed by atoms with Crippen molar-refractivity contribution in [3.8, 4) is 0 Å². The summed E-state index contributed by atoms with van der Waals surface area (Å²) in [6, 6.07) is 18.6. The van der Waals surface area contributed by atoms with Crippen LogP contribution in [0.2, 0.25) is 0 Å². The third kappa shape index (κ3) is 2.65. The van der Waals surface area contributed by atoms with Gasteiger partial charge in [0.1, 0.15) is 11.3 Å². The predicted molar refractivity (Wildman–Crippen MR) is 87.6 cm³/mol. The van der Waals surface area contributed by atoms with Gasteiger partial charge in [-0.25, -0.2) is 0 Å². The highest BCUT2D eigenvalue weighted by molar-refractivity contribution is 5.78. The molecule has 0 aliphatic carbocycles. The minimum atomic E-state index is 0.0279. The first-order valence-electron chi connectivity index (χ1n) is 7.17. The van der Waals surface area contributed by atoms with Crippen molar-refractivity contribution < 1.29 is 4.42 Å². The molecule has 2 aromatic carbocycles. The molecule has 0 amide bonds. The molecule has 3 nitrogen and oxygen atoms in total. The van der Waals surface area contributed by atoms with Gasteiger partial charge in [-0.2, -0.15) is 0 Å². The van der Waals surface area contributed by atoms with Crippen LogP contribution in [-0.2, 0) is 0 Å². The number of nitrogens with zero attached hydrogens (tertiary/aromatic N) is 1. The molecule has 3 heteroatoms. The Morgan fingerprint density at radius 2 is 1.81 bits per heavy atom. The number of fused-ring (bicyclic) bond motifs is 1. The standard InChI is InChI=1S/C18H20N2O/c1-13-7-9-15(10-8-13)20(2)16(12-19)18-11-14-5-3-4-6-17(14)21-18/h3-11,16H,12,19H2,1-2H3. The fourth-order valence-electron chi connectivity index (χ4n) is 2.59. The van der Waals surface area contributed by atoms with Gasteiger partial charge in [-0.05, 0) is 31.2 Å². The topological polar surface area (TPSA) is 42.4 Å². The van der Waals surface area contributed by atoms with E-state index in [1.165, 1.54) is 5.56 Å². The monoisotopic (exact) mass is 280 g/mol. The molecule has 0 spiro atoms. The van der Waals surface area contributed by atoms with Crippen LogP contribution in [0.15, 0.2) is 59.0 Å². The van der Waals surface area contributed by atoms with Gasteiger partial charge in [-0.1, -0.05) is 35.9 Å². The highest BCUT2D eigenvalue weighted by Gasteiger charge is 2.20. The Morgan fingerprint density at radius 1 is 1.10 bits per heavy atom. The SMILES string of the molecule is Cc1ccc(N(C)C(CN)c2cc3ccccc3o2)cc1. The summed E-state index contributed by atoms with van der Waals surface area (Å²) in [5.41, 5.74) is 9.28. The summed E-state index contributed by atoms with van der Waals surface area (Å²) in [6.07, 6.45) is 0. The van der Waals surface area contributed by atoms with E-state index in [4.69, 9.17) is 10.2 Å². The molecule has 0 saturated heterocycles. The van der Waals surface area contributed by atoms with Gasteiger partial charge in [0.25, 0.3) is 0 Å². The summed E-state index contributed by atoms with van der Waals surface area (Å²) >= 11 is 0. The first-order valence-corrected chi connectivity index (χ1v) is 7.17. The summed E-state index contributed by atoms with van der Waals surface area (Å²) in [6.45, 7) is 2.59. The Hall–Kier alpha value is -2.26. The first kappa shape index (κ1) is 13.7. The number of likely N-dealkylation sites (N-methyl/N-ethyl adjacent to an activating group) is 1. The van der Waals surface area contributed by atoms with Gasteiger partial charge in [0.2, 0.25) is 0 Å². The molecule has 0 aliphatic rings. The number of rotatable bonds is 4. The van der Waals surface area contributed by atoms with Gasteiger partial charge >= 0.3 is 0 Å². The Labute approximate surface area is 125 Å². The van der Waals surface area contributed by atoms with Gasteiger partial charge in [0.15, 0.2) is 0 Å². The van der Waals surface area contributed by atoms with Crippen molar-refractivity contribution in [3.05, 3.63) is 65.9 Å². The van der Waals surface area contributed by atoms with Crippen LogP contribution in [-0.4, -0.2) is 13.6 Å². The van der Waals surface area contributed by atoms with Gasteiger partial charge in [-0.3, -0.25) is 0 Å². The molecule has 1 atom stereocenters. The molecule has 2 N–H and O–H groups in total. The summed E-state index contributed by atoms with van der Waals surface area (Å²) < 4.78 is 5.97. The van der Waals surface area contributed by atoms with E-state index in [0.717, 1.165) is 22.4 Å². The number of anilines is 1. The number of para-hydroxylation sites is 1. The van der Waals surface area contributed by atoms with Crippen LogP contribution in [0.3, 0.4) is 0 Å². The van der Waals surface area contributed by atoms with Crippen molar-refractivity contribution in [2.45, 2.75) is 13.0 Å². The molecule has 3 aromatic rings. The molecule has 1 unspecified atom stereocenters. The number of hydrogen-bond donors (Lipinski definition) is 1. The molecule has 1 aromatic heterocycles. The van der Waals surface area contributed by atoms with Crippen LogP contribution in [0.25, 0.3) is 11.0 Å².